The van der Waals surface area contributed by atoms with Gasteiger partial charge in [-0.2, -0.15) is 5.26 Å². The Morgan fingerprint density at radius 3 is 2.41 bits per heavy atom. The lowest BCUT2D eigenvalue weighted by molar-refractivity contribution is 0.646. The Hall–Kier alpha value is -3.47. The minimum absolute atomic E-state index is 0.340. The Labute approximate surface area is 157 Å². The first kappa shape index (κ1) is 17.0. The number of benzene rings is 1. The molecule has 0 unspecified atom stereocenters. The maximum atomic E-state index is 8.84. The summed E-state index contributed by atoms with van der Waals surface area (Å²) in [4.78, 5) is 23.8. The summed E-state index contributed by atoms with van der Waals surface area (Å²) in [7, 11) is 3.98. The van der Waals surface area contributed by atoms with Crippen molar-refractivity contribution < 1.29 is 0 Å². The van der Waals surface area contributed by atoms with E-state index < -0.39 is 0 Å². The molecule has 1 fully saturated rings. The lowest BCUT2D eigenvalue weighted by Gasteiger charge is -2.36. The lowest BCUT2D eigenvalue weighted by Crippen LogP contribution is -2.46. The molecule has 136 valence electrons. The molecule has 0 bridgehead atoms. The highest BCUT2D eigenvalue weighted by atomic mass is 15.3. The van der Waals surface area contributed by atoms with Crippen molar-refractivity contribution in [1.29, 1.82) is 5.26 Å². The van der Waals surface area contributed by atoms with Gasteiger partial charge in [0.25, 0.3) is 0 Å². The molecule has 0 atom stereocenters. The van der Waals surface area contributed by atoms with Gasteiger partial charge in [0.05, 0.1) is 17.9 Å². The van der Waals surface area contributed by atoms with Gasteiger partial charge >= 0.3 is 0 Å². The van der Waals surface area contributed by atoms with Crippen LogP contribution in [0.4, 0.5) is 17.3 Å². The Kier molecular flexibility index (Phi) is 4.42. The molecule has 0 aliphatic carbocycles. The first-order valence-corrected chi connectivity index (χ1v) is 8.80. The Bertz CT molecular complexity index is 985. The van der Waals surface area contributed by atoms with Crippen LogP contribution in [0.15, 0.2) is 36.9 Å². The molecule has 0 amide bonds. The van der Waals surface area contributed by atoms with Crippen LogP contribution in [0.2, 0.25) is 0 Å². The summed E-state index contributed by atoms with van der Waals surface area (Å²) >= 11 is 0. The number of aromatic nitrogens is 4. The highest BCUT2D eigenvalue weighted by Crippen LogP contribution is 2.27. The Morgan fingerprint density at radius 1 is 0.963 bits per heavy atom. The third kappa shape index (κ3) is 3.31. The number of piperazine rings is 1. The SMILES string of the molecule is CN(C)c1ncnc2ccc(N3CCN(c4cnc(C#N)cn4)CC3)cc12. The van der Waals surface area contributed by atoms with Crippen molar-refractivity contribution in [3.05, 3.63) is 42.6 Å². The van der Waals surface area contributed by atoms with Crippen LogP contribution in [0.1, 0.15) is 5.69 Å². The van der Waals surface area contributed by atoms with Gasteiger partial charge in [-0.15, -0.1) is 0 Å². The second-order valence-electron chi connectivity index (χ2n) is 6.64. The number of nitrogens with zero attached hydrogens (tertiary/aromatic N) is 8. The molecule has 3 aromatic rings. The van der Waals surface area contributed by atoms with Crippen LogP contribution in [-0.4, -0.2) is 60.2 Å². The largest absolute Gasteiger partial charge is 0.368 e. The van der Waals surface area contributed by atoms with Crippen LogP contribution in [0, 0.1) is 11.3 Å². The lowest BCUT2D eigenvalue weighted by atomic mass is 10.1. The molecule has 0 radical (unpaired) electrons. The molecular formula is C19H20N8. The molecule has 27 heavy (non-hydrogen) atoms. The van der Waals surface area contributed by atoms with Crippen molar-refractivity contribution in [3.63, 3.8) is 0 Å². The summed E-state index contributed by atoms with van der Waals surface area (Å²) in [6, 6.07) is 8.34. The van der Waals surface area contributed by atoms with Crippen molar-refractivity contribution in [2.45, 2.75) is 0 Å². The summed E-state index contributed by atoms with van der Waals surface area (Å²) in [5.74, 6) is 1.74. The van der Waals surface area contributed by atoms with Crippen molar-refractivity contribution in [2.75, 3.05) is 55.0 Å². The molecule has 0 saturated carbocycles. The van der Waals surface area contributed by atoms with Crippen molar-refractivity contribution >= 4 is 28.2 Å². The smallest absolute Gasteiger partial charge is 0.158 e. The molecule has 4 rings (SSSR count). The van der Waals surface area contributed by atoms with Gasteiger partial charge in [-0.05, 0) is 18.2 Å². The van der Waals surface area contributed by atoms with E-state index in [2.05, 4.69) is 47.9 Å². The molecule has 0 spiro atoms. The standard InChI is InChI=1S/C19H20N8/c1-25(2)19-16-9-15(3-4-17(16)23-13-24-19)26-5-7-27(8-6-26)18-12-21-14(10-20)11-22-18/h3-4,9,11-13H,5-8H2,1-2H3. The van der Waals surface area contributed by atoms with Crippen LogP contribution in [0.25, 0.3) is 10.9 Å². The minimum Gasteiger partial charge on any atom is -0.368 e. The summed E-state index contributed by atoms with van der Waals surface area (Å²) in [5.41, 5.74) is 2.46. The van der Waals surface area contributed by atoms with E-state index in [0.29, 0.717) is 5.69 Å². The van der Waals surface area contributed by atoms with Crippen LogP contribution in [0.5, 0.6) is 0 Å². The van der Waals surface area contributed by atoms with E-state index in [4.69, 9.17) is 5.26 Å². The molecule has 8 heteroatoms. The fourth-order valence-corrected chi connectivity index (χ4v) is 3.32. The Balaban J connectivity index is 1.52. The van der Waals surface area contributed by atoms with Crippen molar-refractivity contribution in [3.8, 4) is 6.07 Å². The molecule has 1 aromatic carbocycles. The second-order valence-corrected chi connectivity index (χ2v) is 6.64. The van der Waals surface area contributed by atoms with Crippen molar-refractivity contribution in [2.24, 2.45) is 0 Å². The van der Waals surface area contributed by atoms with E-state index in [-0.39, 0.29) is 0 Å². The number of nitriles is 1. The average molecular weight is 360 g/mol. The van der Waals surface area contributed by atoms with Gasteiger partial charge in [0.15, 0.2) is 5.69 Å². The first-order valence-electron chi connectivity index (χ1n) is 8.80. The minimum atomic E-state index is 0.340. The molecule has 0 N–H and O–H groups in total. The number of rotatable bonds is 3. The summed E-state index contributed by atoms with van der Waals surface area (Å²) in [6.07, 6.45) is 4.80. The van der Waals surface area contributed by atoms with Crippen LogP contribution in [-0.2, 0) is 0 Å². The zero-order chi connectivity index (χ0) is 18.8. The van der Waals surface area contributed by atoms with Gasteiger partial charge in [-0.1, -0.05) is 0 Å². The third-order valence-electron chi connectivity index (χ3n) is 4.74. The normalized spacial score (nSPS) is 14.3. The zero-order valence-corrected chi connectivity index (χ0v) is 15.4. The molecular weight excluding hydrogens is 340 g/mol. The monoisotopic (exact) mass is 360 g/mol. The highest BCUT2D eigenvalue weighted by Gasteiger charge is 2.19. The van der Waals surface area contributed by atoms with Crippen LogP contribution >= 0.6 is 0 Å². The highest BCUT2D eigenvalue weighted by molar-refractivity contribution is 5.91. The number of hydrogen-bond acceptors (Lipinski definition) is 8. The van der Waals surface area contributed by atoms with Gasteiger partial charge in [0.2, 0.25) is 0 Å². The molecule has 2 aromatic heterocycles. The Morgan fingerprint density at radius 2 is 1.74 bits per heavy atom. The average Bonchev–Trinajstić information content (AvgIpc) is 2.73. The van der Waals surface area contributed by atoms with Gasteiger partial charge in [-0.3, -0.25) is 0 Å². The maximum absolute atomic E-state index is 8.84. The van der Waals surface area contributed by atoms with E-state index in [1.165, 1.54) is 11.9 Å². The van der Waals surface area contributed by atoms with E-state index in [0.717, 1.165) is 48.7 Å². The van der Waals surface area contributed by atoms with Crippen LogP contribution < -0.4 is 14.7 Å². The van der Waals surface area contributed by atoms with E-state index in [1.54, 1.807) is 12.5 Å². The number of anilines is 3. The fourth-order valence-electron chi connectivity index (χ4n) is 3.32. The first-order chi connectivity index (χ1) is 13.2. The summed E-state index contributed by atoms with van der Waals surface area (Å²) in [6.45, 7) is 3.48. The third-order valence-corrected chi connectivity index (χ3v) is 4.74. The topological polar surface area (TPSA) is 85.1 Å². The van der Waals surface area contributed by atoms with E-state index in [1.807, 2.05) is 25.1 Å². The van der Waals surface area contributed by atoms with Crippen LogP contribution in [0.3, 0.4) is 0 Å². The predicted molar refractivity (Wildman–Crippen MR) is 105 cm³/mol. The van der Waals surface area contributed by atoms with Gasteiger partial charge < -0.3 is 14.7 Å². The molecule has 1 aliphatic heterocycles. The van der Waals surface area contributed by atoms with Gasteiger partial charge in [0, 0.05) is 51.3 Å². The fraction of sp³-hybridized carbons (Fsp3) is 0.316. The molecule has 1 aliphatic rings. The summed E-state index contributed by atoms with van der Waals surface area (Å²) in [5, 5.41) is 9.90. The summed E-state index contributed by atoms with van der Waals surface area (Å²) < 4.78 is 0. The predicted octanol–water partition coefficient (Wildman–Crippen LogP) is 1.68. The molecule has 3 heterocycles. The zero-order valence-electron chi connectivity index (χ0n) is 15.4. The van der Waals surface area contributed by atoms with Gasteiger partial charge in [-0.25, -0.2) is 19.9 Å². The number of fused-ring (bicyclic) bond motifs is 1. The van der Waals surface area contributed by atoms with E-state index in [9.17, 15) is 0 Å². The molecule has 1 saturated heterocycles. The number of hydrogen-bond donors (Lipinski definition) is 0. The quantitative estimate of drug-likeness (QED) is 0.697. The molecule has 8 nitrogen and oxygen atoms in total. The maximum Gasteiger partial charge on any atom is 0.158 e. The van der Waals surface area contributed by atoms with Gasteiger partial charge in [0.1, 0.15) is 24.0 Å². The van der Waals surface area contributed by atoms with Crippen molar-refractivity contribution in [1.82, 2.24) is 19.9 Å². The second kappa shape index (κ2) is 7.03. The van der Waals surface area contributed by atoms with E-state index >= 15 is 0 Å².